The van der Waals surface area contributed by atoms with Crippen LogP contribution in [0.2, 0.25) is 0 Å². The number of aryl methyl sites for hydroxylation is 1. The van der Waals surface area contributed by atoms with Gasteiger partial charge in [0, 0.05) is 5.69 Å². The van der Waals surface area contributed by atoms with Crippen LogP contribution in [-0.4, -0.2) is 19.9 Å². The molecule has 2 heterocycles. The molecule has 2 aromatic heterocycles. The Balaban J connectivity index is 2.04. The lowest BCUT2D eigenvalue weighted by Crippen LogP contribution is -2.01. The molecule has 6 nitrogen and oxygen atoms in total. The molecule has 19 heavy (non-hydrogen) atoms. The highest BCUT2D eigenvalue weighted by molar-refractivity contribution is 5.85. The summed E-state index contributed by atoms with van der Waals surface area (Å²) in [5.74, 6) is 0.381. The summed E-state index contributed by atoms with van der Waals surface area (Å²) in [5, 5.41) is 3.07. The van der Waals surface area contributed by atoms with Gasteiger partial charge < -0.3 is 16.0 Å². The van der Waals surface area contributed by atoms with Crippen LogP contribution < -0.4 is 11.1 Å². The van der Waals surface area contributed by atoms with Gasteiger partial charge in [-0.05, 0) is 30.7 Å². The van der Waals surface area contributed by atoms with Gasteiger partial charge in [0.15, 0.2) is 11.5 Å². The molecule has 0 unspecified atom stereocenters. The minimum absolute atomic E-state index is 0.126. The molecule has 0 aliphatic carbocycles. The largest absolute Gasteiger partial charge is 0.368 e. The van der Waals surface area contributed by atoms with Crippen LogP contribution in [-0.2, 0) is 0 Å². The summed E-state index contributed by atoms with van der Waals surface area (Å²) in [6.07, 6.45) is 1.51. The number of imidazole rings is 1. The van der Waals surface area contributed by atoms with Gasteiger partial charge in [-0.1, -0.05) is 0 Å². The number of nitrogens with two attached hydrogens (primary N) is 1. The minimum atomic E-state index is -0.251. The normalized spacial score (nSPS) is 10.8. The number of hydrogen-bond donors (Lipinski definition) is 3. The number of anilines is 3. The summed E-state index contributed by atoms with van der Waals surface area (Å²) >= 11 is 0. The topological polar surface area (TPSA) is 92.5 Å². The maximum Gasteiger partial charge on any atom is 0.224 e. The smallest absolute Gasteiger partial charge is 0.224 e. The Morgan fingerprint density at radius 1 is 1.32 bits per heavy atom. The molecule has 0 saturated heterocycles. The monoisotopic (exact) mass is 258 g/mol. The molecule has 0 radical (unpaired) electrons. The van der Waals surface area contributed by atoms with Gasteiger partial charge in [-0.25, -0.2) is 9.37 Å². The summed E-state index contributed by atoms with van der Waals surface area (Å²) in [6.45, 7) is 1.70. The van der Waals surface area contributed by atoms with E-state index in [9.17, 15) is 4.39 Å². The molecule has 7 heteroatoms. The van der Waals surface area contributed by atoms with Crippen LogP contribution in [0.3, 0.4) is 0 Å². The summed E-state index contributed by atoms with van der Waals surface area (Å²) < 4.78 is 13.2. The van der Waals surface area contributed by atoms with Gasteiger partial charge in [-0.15, -0.1) is 0 Å². The second-order valence-corrected chi connectivity index (χ2v) is 4.12. The Hall–Kier alpha value is -2.70. The number of H-pyrrole nitrogens is 1. The number of halogens is 1. The fourth-order valence-electron chi connectivity index (χ4n) is 1.80. The van der Waals surface area contributed by atoms with Crippen molar-refractivity contribution in [3.05, 3.63) is 35.9 Å². The Bertz CT molecular complexity index is 751. The quantitative estimate of drug-likeness (QED) is 0.654. The number of aromatic amines is 1. The van der Waals surface area contributed by atoms with Gasteiger partial charge in [-0.2, -0.15) is 9.97 Å². The van der Waals surface area contributed by atoms with E-state index in [0.717, 1.165) is 0 Å². The molecule has 0 aliphatic heterocycles. The van der Waals surface area contributed by atoms with Gasteiger partial charge in [0.1, 0.15) is 11.3 Å². The third kappa shape index (κ3) is 2.05. The van der Waals surface area contributed by atoms with Crippen LogP contribution in [0.1, 0.15) is 5.56 Å². The zero-order chi connectivity index (χ0) is 13.4. The molecule has 0 atom stereocenters. The minimum Gasteiger partial charge on any atom is -0.368 e. The average Bonchev–Trinajstić information content (AvgIpc) is 2.82. The molecule has 3 aromatic rings. The zero-order valence-electron chi connectivity index (χ0n) is 10.1. The second-order valence-electron chi connectivity index (χ2n) is 4.12. The molecule has 3 rings (SSSR count). The number of nitrogen functional groups attached to an aromatic ring is 1. The van der Waals surface area contributed by atoms with Crippen LogP contribution >= 0.6 is 0 Å². The number of aromatic nitrogens is 4. The maximum atomic E-state index is 13.2. The van der Waals surface area contributed by atoms with E-state index in [-0.39, 0.29) is 11.8 Å². The standard InChI is InChI=1S/C12H11FN6/c1-6-4-7(2-3-8(6)13)17-11-9-10(16-5-15-9)18-12(14)19-11/h2-5H,1H3,(H4,14,15,16,17,18,19). The lowest BCUT2D eigenvalue weighted by Gasteiger charge is -2.08. The average molecular weight is 258 g/mol. The maximum absolute atomic E-state index is 13.2. The van der Waals surface area contributed by atoms with E-state index in [1.165, 1.54) is 12.4 Å². The Morgan fingerprint density at radius 2 is 2.16 bits per heavy atom. The molecular weight excluding hydrogens is 247 g/mol. The van der Waals surface area contributed by atoms with E-state index < -0.39 is 0 Å². The Morgan fingerprint density at radius 3 is 2.95 bits per heavy atom. The third-order valence-corrected chi connectivity index (χ3v) is 2.72. The third-order valence-electron chi connectivity index (χ3n) is 2.72. The first-order chi connectivity index (χ1) is 9.13. The highest BCUT2D eigenvalue weighted by atomic mass is 19.1. The number of nitrogens with one attached hydrogen (secondary N) is 2. The van der Waals surface area contributed by atoms with E-state index in [2.05, 4.69) is 25.3 Å². The van der Waals surface area contributed by atoms with E-state index in [1.54, 1.807) is 19.1 Å². The fraction of sp³-hybridized carbons (Fsp3) is 0.0833. The lowest BCUT2D eigenvalue weighted by molar-refractivity contribution is 0.619. The SMILES string of the molecule is Cc1cc(Nc2nc(N)nc3nc[nH]c23)ccc1F. The Labute approximate surface area is 107 Å². The Kier molecular flexibility index (Phi) is 2.52. The van der Waals surface area contributed by atoms with Crippen LogP contribution in [0.15, 0.2) is 24.5 Å². The first-order valence-electron chi connectivity index (χ1n) is 5.63. The number of benzene rings is 1. The molecule has 96 valence electrons. The van der Waals surface area contributed by atoms with E-state index >= 15 is 0 Å². The van der Waals surface area contributed by atoms with E-state index in [4.69, 9.17) is 5.73 Å². The molecule has 0 aliphatic rings. The highest BCUT2D eigenvalue weighted by Gasteiger charge is 2.09. The molecule has 1 aromatic carbocycles. The zero-order valence-corrected chi connectivity index (χ0v) is 10.1. The van der Waals surface area contributed by atoms with Crippen molar-refractivity contribution in [2.45, 2.75) is 6.92 Å². The van der Waals surface area contributed by atoms with Crippen molar-refractivity contribution in [1.82, 2.24) is 19.9 Å². The molecular formula is C12H11FN6. The van der Waals surface area contributed by atoms with E-state index in [1.807, 2.05) is 0 Å². The number of fused-ring (bicyclic) bond motifs is 1. The first-order valence-corrected chi connectivity index (χ1v) is 5.63. The van der Waals surface area contributed by atoms with Crippen LogP contribution in [0, 0.1) is 12.7 Å². The predicted molar refractivity (Wildman–Crippen MR) is 70.5 cm³/mol. The van der Waals surface area contributed by atoms with Crippen molar-refractivity contribution < 1.29 is 4.39 Å². The predicted octanol–water partition coefficient (Wildman–Crippen LogP) is 2.13. The number of hydrogen-bond acceptors (Lipinski definition) is 5. The number of rotatable bonds is 2. The summed E-state index contributed by atoms with van der Waals surface area (Å²) in [5.41, 5.74) is 8.01. The summed E-state index contributed by atoms with van der Waals surface area (Å²) in [6, 6.07) is 4.71. The van der Waals surface area contributed by atoms with Crippen LogP contribution in [0.5, 0.6) is 0 Å². The molecule has 0 spiro atoms. The van der Waals surface area contributed by atoms with Crippen LogP contribution in [0.25, 0.3) is 11.2 Å². The van der Waals surface area contributed by atoms with Gasteiger partial charge >= 0.3 is 0 Å². The lowest BCUT2D eigenvalue weighted by atomic mass is 10.2. The van der Waals surface area contributed by atoms with Gasteiger partial charge in [0.25, 0.3) is 0 Å². The van der Waals surface area contributed by atoms with Crippen molar-refractivity contribution >= 4 is 28.6 Å². The molecule has 0 bridgehead atoms. The molecule has 0 saturated carbocycles. The van der Waals surface area contributed by atoms with Crippen molar-refractivity contribution in [2.75, 3.05) is 11.1 Å². The summed E-state index contributed by atoms with van der Waals surface area (Å²) in [7, 11) is 0. The van der Waals surface area contributed by atoms with Gasteiger partial charge in [0.2, 0.25) is 5.95 Å². The molecule has 0 amide bonds. The van der Waals surface area contributed by atoms with Crippen molar-refractivity contribution in [2.24, 2.45) is 0 Å². The highest BCUT2D eigenvalue weighted by Crippen LogP contribution is 2.23. The number of nitrogens with zero attached hydrogens (tertiary/aromatic N) is 3. The van der Waals surface area contributed by atoms with Crippen molar-refractivity contribution in [3.63, 3.8) is 0 Å². The van der Waals surface area contributed by atoms with Crippen molar-refractivity contribution in [3.8, 4) is 0 Å². The molecule has 0 fully saturated rings. The van der Waals surface area contributed by atoms with Gasteiger partial charge in [-0.3, -0.25) is 0 Å². The first kappa shape index (κ1) is 11.4. The fourth-order valence-corrected chi connectivity index (χ4v) is 1.80. The van der Waals surface area contributed by atoms with Crippen LogP contribution in [0.4, 0.5) is 21.8 Å². The summed E-state index contributed by atoms with van der Waals surface area (Å²) in [4.78, 5) is 15.1. The van der Waals surface area contributed by atoms with Crippen molar-refractivity contribution in [1.29, 1.82) is 0 Å². The van der Waals surface area contributed by atoms with Gasteiger partial charge in [0.05, 0.1) is 6.33 Å². The second kappa shape index (κ2) is 4.20. The molecule has 4 N–H and O–H groups in total. The van der Waals surface area contributed by atoms with E-state index in [0.29, 0.717) is 28.2 Å².